The monoisotopic (exact) mass is 328 g/mol. The summed E-state index contributed by atoms with van der Waals surface area (Å²) >= 11 is 0. The van der Waals surface area contributed by atoms with Crippen molar-refractivity contribution in [2.24, 2.45) is 0 Å². The zero-order valence-electron chi connectivity index (χ0n) is 14.1. The molecule has 0 unspecified atom stereocenters. The van der Waals surface area contributed by atoms with E-state index in [1.54, 1.807) is 23.5 Å². The van der Waals surface area contributed by atoms with Gasteiger partial charge in [0, 0.05) is 31.2 Å². The molecular weight excluding hydrogens is 304 g/mol. The van der Waals surface area contributed by atoms with E-state index in [9.17, 15) is 9.90 Å². The van der Waals surface area contributed by atoms with Crippen molar-refractivity contribution in [2.75, 3.05) is 13.2 Å². The van der Waals surface area contributed by atoms with Crippen molar-refractivity contribution in [3.63, 3.8) is 0 Å². The van der Waals surface area contributed by atoms with Crippen LogP contribution in [0.15, 0.2) is 30.7 Å². The third-order valence-corrected chi connectivity index (χ3v) is 4.70. The smallest absolute Gasteiger partial charge is 0.257 e. The lowest BCUT2D eigenvalue weighted by molar-refractivity contribution is 0.0706. The molecule has 3 rings (SSSR count). The van der Waals surface area contributed by atoms with E-state index in [4.69, 9.17) is 0 Å². The van der Waals surface area contributed by atoms with E-state index in [0.29, 0.717) is 24.7 Å². The summed E-state index contributed by atoms with van der Waals surface area (Å²) in [5, 5.41) is 13.8. The average molecular weight is 328 g/mol. The minimum Gasteiger partial charge on any atom is -0.395 e. The van der Waals surface area contributed by atoms with Crippen LogP contribution in [0.25, 0.3) is 0 Å². The molecule has 2 aromatic heterocycles. The Morgan fingerprint density at radius 2 is 2.17 bits per heavy atom. The summed E-state index contributed by atoms with van der Waals surface area (Å²) < 4.78 is 2.00. The van der Waals surface area contributed by atoms with Crippen molar-refractivity contribution in [1.82, 2.24) is 19.7 Å². The molecule has 1 N–H and O–H groups in total. The van der Waals surface area contributed by atoms with Crippen LogP contribution in [0.3, 0.4) is 0 Å². The largest absolute Gasteiger partial charge is 0.395 e. The van der Waals surface area contributed by atoms with Crippen LogP contribution in [-0.2, 0) is 6.54 Å². The maximum Gasteiger partial charge on any atom is 0.257 e. The molecule has 128 valence electrons. The molecule has 6 nitrogen and oxygen atoms in total. The van der Waals surface area contributed by atoms with Crippen LogP contribution < -0.4 is 0 Å². The SMILES string of the molecule is Cc1c(C(=O)N(CCO)Cc2cccnc2)cnn1C1CCCC1. The quantitative estimate of drug-likeness (QED) is 0.883. The third-order valence-electron chi connectivity index (χ3n) is 4.70. The van der Waals surface area contributed by atoms with E-state index < -0.39 is 0 Å². The van der Waals surface area contributed by atoms with Gasteiger partial charge in [-0.05, 0) is 31.4 Å². The van der Waals surface area contributed by atoms with Crippen molar-refractivity contribution in [3.05, 3.63) is 47.5 Å². The van der Waals surface area contributed by atoms with Crippen LogP contribution in [0, 0.1) is 6.92 Å². The second-order valence-electron chi connectivity index (χ2n) is 6.34. The molecule has 0 atom stereocenters. The van der Waals surface area contributed by atoms with Gasteiger partial charge in [-0.2, -0.15) is 5.10 Å². The Bertz CT molecular complexity index is 678. The van der Waals surface area contributed by atoms with Gasteiger partial charge in [-0.1, -0.05) is 18.9 Å². The van der Waals surface area contributed by atoms with Crippen LogP contribution >= 0.6 is 0 Å². The van der Waals surface area contributed by atoms with Crippen molar-refractivity contribution < 1.29 is 9.90 Å². The van der Waals surface area contributed by atoms with E-state index in [0.717, 1.165) is 24.1 Å². The third kappa shape index (κ3) is 3.48. The number of nitrogens with zero attached hydrogens (tertiary/aromatic N) is 4. The number of aliphatic hydroxyl groups excluding tert-OH is 1. The van der Waals surface area contributed by atoms with Gasteiger partial charge in [0.1, 0.15) is 0 Å². The molecule has 1 aliphatic carbocycles. The summed E-state index contributed by atoms with van der Waals surface area (Å²) in [6.45, 7) is 2.62. The van der Waals surface area contributed by atoms with Crippen LogP contribution in [0.2, 0.25) is 0 Å². The summed E-state index contributed by atoms with van der Waals surface area (Å²) in [5.74, 6) is -0.0883. The summed E-state index contributed by atoms with van der Waals surface area (Å²) in [5.41, 5.74) is 2.49. The molecule has 2 aromatic rings. The van der Waals surface area contributed by atoms with Crippen LogP contribution in [0.4, 0.5) is 0 Å². The summed E-state index contributed by atoms with van der Waals surface area (Å²) in [6.07, 6.45) is 9.84. The van der Waals surface area contributed by atoms with Gasteiger partial charge in [0.05, 0.1) is 24.4 Å². The lowest BCUT2D eigenvalue weighted by atomic mass is 10.2. The topological polar surface area (TPSA) is 71.2 Å². The molecule has 0 aromatic carbocycles. The first-order valence-corrected chi connectivity index (χ1v) is 8.54. The summed E-state index contributed by atoms with van der Waals surface area (Å²) in [6, 6.07) is 4.19. The molecule has 1 saturated carbocycles. The molecule has 2 heterocycles. The molecular formula is C18H24N4O2. The van der Waals surface area contributed by atoms with Crippen LogP contribution in [-0.4, -0.2) is 43.8 Å². The van der Waals surface area contributed by atoms with Crippen LogP contribution in [0.5, 0.6) is 0 Å². The first-order chi connectivity index (χ1) is 11.7. The van der Waals surface area contributed by atoms with Gasteiger partial charge in [-0.25, -0.2) is 0 Å². The first kappa shape index (κ1) is 16.6. The van der Waals surface area contributed by atoms with Gasteiger partial charge in [0.15, 0.2) is 0 Å². The minimum atomic E-state index is -0.0883. The number of aromatic nitrogens is 3. The lowest BCUT2D eigenvalue weighted by Gasteiger charge is -2.22. The maximum absolute atomic E-state index is 12.9. The number of hydrogen-bond acceptors (Lipinski definition) is 4. The maximum atomic E-state index is 12.9. The molecule has 0 radical (unpaired) electrons. The van der Waals surface area contributed by atoms with Gasteiger partial charge in [-0.15, -0.1) is 0 Å². The number of pyridine rings is 1. The highest BCUT2D eigenvalue weighted by atomic mass is 16.3. The molecule has 24 heavy (non-hydrogen) atoms. The number of aliphatic hydroxyl groups is 1. The molecule has 1 amide bonds. The van der Waals surface area contributed by atoms with Gasteiger partial charge in [-0.3, -0.25) is 14.5 Å². The Hall–Kier alpha value is -2.21. The zero-order valence-corrected chi connectivity index (χ0v) is 14.1. The van der Waals surface area contributed by atoms with E-state index in [1.807, 2.05) is 23.7 Å². The first-order valence-electron chi connectivity index (χ1n) is 8.54. The van der Waals surface area contributed by atoms with E-state index >= 15 is 0 Å². The molecule has 6 heteroatoms. The van der Waals surface area contributed by atoms with Gasteiger partial charge in [0.2, 0.25) is 0 Å². The van der Waals surface area contributed by atoms with E-state index in [-0.39, 0.29) is 12.5 Å². The number of hydrogen-bond donors (Lipinski definition) is 1. The zero-order chi connectivity index (χ0) is 16.9. The predicted molar refractivity (Wildman–Crippen MR) is 90.5 cm³/mol. The highest BCUT2D eigenvalue weighted by Crippen LogP contribution is 2.30. The number of amides is 1. The fourth-order valence-corrected chi connectivity index (χ4v) is 3.41. The summed E-state index contributed by atoms with van der Waals surface area (Å²) in [4.78, 5) is 18.7. The second kappa shape index (κ2) is 7.57. The lowest BCUT2D eigenvalue weighted by Crippen LogP contribution is -2.33. The van der Waals surface area contributed by atoms with Crippen molar-refractivity contribution >= 4 is 5.91 Å². The van der Waals surface area contributed by atoms with Crippen molar-refractivity contribution in [3.8, 4) is 0 Å². The number of rotatable bonds is 6. The minimum absolute atomic E-state index is 0.0676. The Kier molecular flexibility index (Phi) is 5.25. The Morgan fingerprint density at radius 1 is 1.38 bits per heavy atom. The molecule has 1 fully saturated rings. The Labute approximate surface area is 142 Å². The average Bonchev–Trinajstić information content (AvgIpc) is 3.24. The van der Waals surface area contributed by atoms with Gasteiger partial charge < -0.3 is 10.0 Å². The van der Waals surface area contributed by atoms with E-state index in [1.165, 1.54) is 12.8 Å². The highest BCUT2D eigenvalue weighted by molar-refractivity contribution is 5.95. The number of carbonyl (C=O) groups is 1. The summed E-state index contributed by atoms with van der Waals surface area (Å²) in [7, 11) is 0. The predicted octanol–water partition coefficient (Wildman–Crippen LogP) is 2.34. The molecule has 1 aliphatic rings. The van der Waals surface area contributed by atoms with Gasteiger partial charge >= 0.3 is 0 Å². The molecule has 0 spiro atoms. The highest BCUT2D eigenvalue weighted by Gasteiger charge is 2.25. The standard InChI is InChI=1S/C18H24N4O2/c1-14-17(12-20-22(14)16-6-2-3-7-16)18(24)21(9-10-23)13-15-5-4-8-19-11-15/h4-5,8,11-12,16,23H,2-3,6-7,9-10,13H2,1H3. The van der Waals surface area contributed by atoms with Crippen molar-refractivity contribution in [1.29, 1.82) is 0 Å². The molecule has 0 aliphatic heterocycles. The van der Waals surface area contributed by atoms with Gasteiger partial charge in [0.25, 0.3) is 5.91 Å². The van der Waals surface area contributed by atoms with Crippen molar-refractivity contribution in [2.45, 2.75) is 45.2 Å². The van der Waals surface area contributed by atoms with E-state index in [2.05, 4.69) is 10.1 Å². The Balaban J connectivity index is 1.79. The molecule has 0 saturated heterocycles. The fourth-order valence-electron chi connectivity index (χ4n) is 3.41. The fraction of sp³-hybridized carbons (Fsp3) is 0.500. The molecule has 0 bridgehead atoms. The van der Waals surface area contributed by atoms with Crippen LogP contribution in [0.1, 0.15) is 53.3 Å². The normalized spacial score (nSPS) is 14.9. The Morgan fingerprint density at radius 3 is 2.83 bits per heavy atom. The number of carbonyl (C=O) groups excluding carboxylic acids is 1. The second-order valence-corrected chi connectivity index (χ2v) is 6.34.